The Morgan fingerprint density at radius 3 is 2.28 bits per heavy atom. The third-order valence-electron chi connectivity index (χ3n) is 5.98. The van der Waals surface area contributed by atoms with Crippen molar-refractivity contribution in [1.82, 2.24) is 0 Å². The average molecular weight is 244 g/mol. The van der Waals surface area contributed by atoms with E-state index >= 15 is 0 Å². The van der Waals surface area contributed by atoms with Crippen molar-refractivity contribution >= 4 is 11.6 Å². The first-order chi connectivity index (χ1) is 8.72. The van der Waals surface area contributed by atoms with Gasteiger partial charge in [-0.3, -0.25) is 9.59 Å². The number of rotatable bonds is 0. The minimum absolute atomic E-state index is 0.406. The molecule has 0 N–H and O–H groups in total. The number of hydrogen-bond acceptors (Lipinski definition) is 2. The van der Waals surface area contributed by atoms with Crippen molar-refractivity contribution in [3.05, 3.63) is 11.1 Å². The molecule has 18 heavy (non-hydrogen) atoms. The highest BCUT2D eigenvalue weighted by Crippen LogP contribution is 2.59. The third kappa shape index (κ3) is 1.47. The maximum Gasteiger partial charge on any atom is 0.136 e. The largest absolute Gasteiger partial charge is 0.300 e. The summed E-state index contributed by atoms with van der Waals surface area (Å²) in [4.78, 5) is 23.2. The maximum absolute atomic E-state index is 11.8. The van der Waals surface area contributed by atoms with Gasteiger partial charge in [0.1, 0.15) is 11.6 Å². The van der Waals surface area contributed by atoms with Crippen LogP contribution in [-0.4, -0.2) is 11.6 Å². The van der Waals surface area contributed by atoms with Crippen molar-refractivity contribution in [2.45, 2.75) is 51.4 Å². The predicted octanol–water partition coefficient (Wildman–Crippen LogP) is 3.06. The van der Waals surface area contributed by atoms with Crippen LogP contribution in [0.5, 0.6) is 0 Å². The van der Waals surface area contributed by atoms with Gasteiger partial charge in [0.25, 0.3) is 0 Å². The summed E-state index contributed by atoms with van der Waals surface area (Å²) in [6, 6.07) is 0. The van der Waals surface area contributed by atoms with E-state index in [1.165, 1.54) is 19.3 Å². The minimum atomic E-state index is 0.406. The molecule has 4 saturated carbocycles. The van der Waals surface area contributed by atoms with Gasteiger partial charge in [0.2, 0.25) is 0 Å². The van der Waals surface area contributed by atoms with Gasteiger partial charge in [-0.2, -0.15) is 0 Å². The first-order valence-electron chi connectivity index (χ1n) is 7.46. The van der Waals surface area contributed by atoms with Crippen LogP contribution in [-0.2, 0) is 9.59 Å². The summed E-state index contributed by atoms with van der Waals surface area (Å²) < 4.78 is 0. The van der Waals surface area contributed by atoms with Gasteiger partial charge in [0.15, 0.2) is 0 Å². The molecular weight excluding hydrogens is 224 g/mol. The molecule has 2 nitrogen and oxygen atoms in total. The molecule has 0 amide bonds. The molecule has 2 heteroatoms. The van der Waals surface area contributed by atoms with Crippen molar-refractivity contribution in [2.24, 2.45) is 23.7 Å². The zero-order valence-corrected chi connectivity index (χ0v) is 10.8. The van der Waals surface area contributed by atoms with E-state index in [0.29, 0.717) is 29.3 Å². The van der Waals surface area contributed by atoms with Crippen molar-refractivity contribution in [3.8, 4) is 0 Å². The summed E-state index contributed by atoms with van der Waals surface area (Å²) in [6.07, 6.45) is 8.04. The van der Waals surface area contributed by atoms with Crippen LogP contribution in [0.4, 0.5) is 0 Å². The molecule has 2 bridgehead atoms. The maximum atomic E-state index is 11.8. The molecule has 4 aliphatic carbocycles. The van der Waals surface area contributed by atoms with E-state index in [-0.39, 0.29) is 0 Å². The molecule has 0 aliphatic heterocycles. The zero-order valence-electron chi connectivity index (χ0n) is 10.8. The average Bonchev–Trinajstić information content (AvgIpc) is 2.99. The number of allylic oxidation sites excluding steroid dienone is 2. The Morgan fingerprint density at radius 1 is 0.778 bits per heavy atom. The highest BCUT2D eigenvalue weighted by molar-refractivity contribution is 5.85. The van der Waals surface area contributed by atoms with E-state index in [2.05, 4.69) is 0 Å². The summed E-state index contributed by atoms with van der Waals surface area (Å²) in [6.45, 7) is 0. The fraction of sp³-hybridized carbons (Fsp3) is 0.750. The Morgan fingerprint density at radius 2 is 1.50 bits per heavy atom. The van der Waals surface area contributed by atoms with Crippen molar-refractivity contribution in [2.75, 3.05) is 0 Å². The zero-order chi connectivity index (χ0) is 12.3. The summed E-state index contributed by atoms with van der Waals surface area (Å²) >= 11 is 0. The summed E-state index contributed by atoms with van der Waals surface area (Å²) in [5, 5.41) is 0. The van der Waals surface area contributed by atoms with Crippen molar-refractivity contribution < 1.29 is 9.59 Å². The number of carbonyl (C=O) groups excluding carboxylic acids is 2. The number of hydrogen-bond donors (Lipinski definition) is 0. The van der Waals surface area contributed by atoms with E-state index in [0.717, 1.165) is 38.0 Å². The Labute approximate surface area is 108 Å². The number of ketones is 2. The van der Waals surface area contributed by atoms with E-state index < -0.39 is 0 Å². The van der Waals surface area contributed by atoms with Gasteiger partial charge in [0.05, 0.1) is 0 Å². The minimum Gasteiger partial charge on any atom is -0.300 e. The molecule has 0 heterocycles. The van der Waals surface area contributed by atoms with E-state index in [1.807, 2.05) is 0 Å². The van der Waals surface area contributed by atoms with E-state index in [4.69, 9.17) is 0 Å². The molecule has 96 valence electrons. The smallest absolute Gasteiger partial charge is 0.136 e. The highest BCUT2D eigenvalue weighted by atomic mass is 16.1. The highest BCUT2D eigenvalue weighted by Gasteiger charge is 2.54. The van der Waals surface area contributed by atoms with Crippen LogP contribution in [0.15, 0.2) is 11.1 Å². The van der Waals surface area contributed by atoms with Gasteiger partial charge < -0.3 is 0 Å². The van der Waals surface area contributed by atoms with E-state index in [9.17, 15) is 9.59 Å². The SMILES string of the molecule is O=C1CCC(=C2C[C@@H]3[C@H]4CC(=O)[C@H](C4)[C@@H]3C2)CC1. The van der Waals surface area contributed by atoms with E-state index in [1.54, 1.807) is 11.1 Å². The first kappa shape index (κ1) is 11.0. The Kier molecular flexibility index (Phi) is 2.30. The lowest BCUT2D eigenvalue weighted by molar-refractivity contribution is -0.124. The third-order valence-corrected chi connectivity index (χ3v) is 5.98. The lowest BCUT2D eigenvalue weighted by Crippen LogP contribution is -2.23. The fourth-order valence-corrected chi connectivity index (χ4v) is 5.08. The molecule has 0 aromatic rings. The van der Waals surface area contributed by atoms with Crippen LogP contribution in [0.3, 0.4) is 0 Å². The molecule has 4 atom stereocenters. The monoisotopic (exact) mass is 244 g/mol. The van der Waals surface area contributed by atoms with Crippen LogP contribution in [0, 0.1) is 23.7 Å². The normalized spacial score (nSPS) is 42.9. The Balaban J connectivity index is 1.56. The van der Waals surface area contributed by atoms with Crippen LogP contribution < -0.4 is 0 Å². The molecule has 4 aliphatic rings. The summed E-state index contributed by atoms with van der Waals surface area (Å²) in [7, 11) is 0. The van der Waals surface area contributed by atoms with Crippen LogP contribution >= 0.6 is 0 Å². The second-order valence-corrected chi connectivity index (χ2v) is 6.75. The first-order valence-corrected chi connectivity index (χ1v) is 7.46. The Bertz CT molecular complexity index is 448. The Hall–Kier alpha value is -0.920. The molecule has 0 aromatic heterocycles. The van der Waals surface area contributed by atoms with Gasteiger partial charge in [-0.25, -0.2) is 0 Å². The molecular formula is C16H20O2. The molecule has 0 radical (unpaired) electrons. The molecule has 4 fully saturated rings. The quantitative estimate of drug-likeness (QED) is 0.614. The molecule has 4 rings (SSSR count). The second kappa shape index (κ2) is 3.79. The molecule has 0 unspecified atom stereocenters. The number of Topliss-reactive ketones (excluding diaryl/α,β-unsaturated/α-hetero) is 2. The summed E-state index contributed by atoms with van der Waals surface area (Å²) in [5.41, 5.74) is 3.22. The van der Waals surface area contributed by atoms with Crippen LogP contribution in [0.2, 0.25) is 0 Å². The van der Waals surface area contributed by atoms with Gasteiger partial charge in [-0.15, -0.1) is 0 Å². The molecule has 0 saturated heterocycles. The fourth-order valence-electron chi connectivity index (χ4n) is 5.08. The second-order valence-electron chi connectivity index (χ2n) is 6.75. The standard InChI is InChI=1S/C16H20O2/c17-12-3-1-9(2-4-12)10-5-13-11-7-15(14(13)6-10)16(18)8-11/h11,13-15H,1-8H2/t11-,13-,14-,15-/m1/s1. The molecule has 0 aromatic carbocycles. The van der Waals surface area contributed by atoms with Gasteiger partial charge >= 0.3 is 0 Å². The van der Waals surface area contributed by atoms with Crippen molar-refractivity contribution in [3.63, 3.8) is 0 Å². The van der Waals surface area contributed by atoms with Gasteiger partial charge in [0, 0.05) is 25.2 Å². The van der Waals surface area contributed by atoms with Crippen LogP contribution in [0.1, 0.15) is 51.4 Å². The van der Waals surface area contributed by atoms with Gasteiger partial charge in [-0.05, 0) is 49.9 Å². The predicted molar refractivity (Wildman–Crippen MR) is 67.9 cm³/mol. The van der Waals surface area contributed by atoms with Crippen molar-refractivity contribution in [1.29, 1.82) is 0 Å². The lowest BCUT2D eigenvalue weighted by atomic mass is 9.81. The molecule has 0 spiro atoms. The van der Waals surface area contributed by atoms with Gasteiger partial charge in [-0.1, -0.05) is 11.1 Å². The topological polar surface area (TPSA) is 34.1 Å². The lowest BCUT2D eigenvalue weighted by Gasteiger charge is -2.22. The number of fused-ring (bicyclic) bond motifs is 5. The van der Waals surface area contributed by atoms with Crippen LogP contribution in [0.25, 0.3) is 0 Å². The number of carbonyl (C=O) groups is 2. The summed E-state index contributed by atoms with van der Waals surface area (Å²) in [5.74, 6) is 3.59.